The van der Waals surface area contributed by atoms with Gasteiger partial charge in [0.15, 0.2) is 0 Å². The van der Waals surface area contributed by atoms with Crippen LogP contribution in [0.4, 0.5) is 0 Å². The molecule has 1 aliphatic heterocycles. The number of hydrogen-bond acceptors (Lipinski definition) is 1. The lowest BCUT2D eigenvalue weighted by Gasteiger charge is -2.28. The van der Waals surface area contributed by atoms with E-state index in [0.29, 0.717) is 11.8 Å². The van der Waals surface area contributed by atoms with Gasteiger partial charge < -0.3 is 0 Å². The maximum Gasteiger partial charge on any atom is 0.145 e. The number of imidazole rings is 1. The Labute approximate surface area is 166 Å². The molecule has 2 aromatic carbocycles. The fourth-order valence-electron chi connectivity index (χ4n) is 4.65. The third-order valence-corrected chi connectivity index (χ3v) is 6.19. The van der Waals surface area contributed by atoms with Gasteiger partial charge in [0.2, 0.25) is 0 Å². The molecule has 0 amide bonds. The van der Waals surface area contributed by atoms with Gasteiger partial charge in [-0.1, -0.05) is 81.0 Å². The third kappa shape index (κ3) is 2.51. The topological polar surface area (TPSA) is 17.8 Å². The van der Waals surface area contributed by atoms with Crippen LogP contribution < -0.4 is 0 Å². The van der Waals surface area contributed by atoms with Crippen LogP contribution >= 0.6 is 0 Å². The number of aromatic nitrogens is 2. The number of benzene rings is 2. The second-order valence-electron chi connectivity index (χ2n) is 8.41. The van der Waals surface area contributed by atoms with E-state index in [1.54, 1.807) is 0 Å². The summed E-state index contributed by atoms with van der Waals surface area (Å²) in [5, 5.41) is 0. The molecular weight excluding hydrogens is 340 g/mol. The second-order valence-corrected chi connectivity index (χ2v) is 8.41. The molecule has 1 aromatic heterocycles. The largest absolute Gasteiger partial charge is 0.295 e. The van der Waals surface area contributed by atoms with Gasteiger partial charge in [-0.05, 0) is 35.6 Å². The number of allylic oxidation sites excluding steroid dienone is 6. The second kappa shape index (κ2) is 6.34. The van der Waals surface area contributed by atoms with Crippen molar-refractivity contribution in [2.24, 2.45) is 5.92 Å². The van der Waals surface area contributed by atoms with E-state index in [-0.39, 0.29) is 0 Å². The summed E-state index contributed by atoms with van der Waals surface area (Å²) in [6.45, 7) is 9.09. The van der Waals surface area contributed by atoms with E-state index in [9.17, 15) is 0 Å². The number of hydrogen-bond donors (Lipinski definition) is 0. The van der Waals surface area contributed by atoms with Gasteiger partial charge in [0.25, 0.3) is 0 Å². The summed E-state index contributed by atoms with van der Waals surface area (Å²) >= 11 is 0. The maximum atomic E-state index is 5.13. The van der Waals surface area contributed by atoms with Crippen LogP contribution in [0.2, 0.25) is 0 Å². The van der Waals surface area contributed by atoms with Crippen molar-refractivity contribution >= 4 is 16.7 Å². The summed E-state index contributed by atoms with van der Waals surface area (Å²) in [7, 11) is 0. The summed E-state index contributed by atoms with van der Waals surface area (Å²) in [6, 6.07) is 15.2. The molecule has 2 heterocycles. The van der Waals surface area contributed by atoms with Crippen molar-refractivity contribution in [3.63, 3.8) is 0 Å². The van der Waals surface area contributed by atoms with Crippen molar-refractivity contribution in [2.75, 3.05) is 0 Å². The lowest BCUT2D eigenvalue weighted by Crippen LogP contribution is -2.14. The Bertz CT molecular complexity index is 1170. The lowest BCUT2D eigenvalue weighted by molar-refractivity contribution is 0.740. The average Bonchev–Trinajstić information content (AvgIpc) is 2.91. The number of rotatable bonds is 2. The highest BCUT2D eigenvalue weighted by Gasteiger charge is 2.30. The molecule has 28 heavy (non-hydrogen) atoms. The molecule has 1 aliphatic carbocycles. The molecule has 0 saturated carbocycles. The van der Waals surface area contributed by atoms with Gasteiger partial charge >= 0.3 is 0 Å². The standard InChI is InChI=1S/C26H26N2/c1-16(2)20-11-8-12-21-18(4)22-13-17(3)14-23-25(22)28(24(21)15-20)26(27-23)19-9-6-5-7-10-19/h5-14,16,18H,15H2,1-4H3. The molecule has 3 aromatic rings. The molecule has 2 heteroatoms. The molecule has 0 radical (unpaired) electrons. The minimum Gasteiger partial charge on any atom is -0.295 e. The Balaban J connectivity index is 1.85. The molecule has 2 aliphatic rings. The molecular formula is C26H26N2. The van der Waals surface area contributed by atoms with Crippen LogP contribution in [-0.4, -0.2) is 9.55 Å². The van der Waals surface area contributed by atoms with Crippen molar-refractivity contribution in [3.8, 4) is 11.4 Å². The maximum absolute atomic E-state index is 5.13. The highest BCUT2D eigenvalue weighted by Crippen LogP contribution is 2.46. The zero-order chi connectivity index (χ0) is 19.4. The molecule has 1 atom stereocenters. The Hall–Kier alpha value is -2.87. The molecule has 0 bridgehead atoms. The quantitative estimate of drug-likeness (QED) is 0.483. The van der Waals surface area contributed by atoms with Gasteiger partial charge in [0, 0.05) is 23.6 Å². The number of aryl methyl sites for hydroxylation is 1. The van der Waals surface area contributed by atoms with E-state index in [0.717, 1.165) is 17.8 Å². The van der Waals surface area contributed by atoms with Crippen LogP contribution in [0.25, 0.3) is 28.1 Å². The number of fused-ring (bicyclic) bond motifs is 1. The monoisotopic (exact) mass is 366 g/mol. The first-order chi connectivity index (χ1) is 13.5. The Morgan fingerprint density at radius 1 is 1.11 bits per heavy atom. The zero-order valence-electron chi connectivity index (χ0n) is 17.0. The highest BCUT2D eigenvalue weighted by atomic mass is 15.1. The van der Waals surface area contributed by atoms with Crippen LogP contribution in [-0.2, 0) is 0 Å². The Morgan fingerprint density at radius 3 is 2.64 bits per heavy atom. The molecule has 5 rings (SSSR count). The van der Waals surface area contributed by atoms with Crippen molar-refractivity contribution in [1.82, 2.24) is 9.55 Å². The van der Waals surface area contributed by atoms with E-state index >= 15 is 0 Å². The number of nitrogens with zero attached hydrogens (tertiary/aromatic N) is 2. The zero-order valence-corrected chi connectivity index (χ0v) is 17.0. The third-order valence-electron chi connectivity index (χ3n) is 6.19. The van der Waals surface area contributed by atoms with Crippen molar-refractivity contribution in [3.05, 3.63) is 83.0 Å². The Morgan fingerprint density at radius 2 is 1.89 bits per heavy atom. The van der Waals surface area contributed by atoms with Crippen molar-refractivity contribution in [2.45, 2.75) is 40.0 Å². The first-order valence-corrected chi connectivity index (χ1v) is 10.2. The SMILES string of the molecule is Cc1cc2c3c(c1)nc(-c1ccccc1)n3C1=C(C=CC=C(C(C)C)C1)C2C. The summed E-state index contributed by atoms with van der Waals surface area (Å²) in [6.07, 6.45) is 7.84. The van der Waals surface area contributed by atoms with Crippen molar-refractivity contribution < 1.29 is 0 Å². The molecule has 140 valence electrons. The van der Waals surface area contributed by atoms with Crippen LogP contribution in [0.5, 0.6) is 0 Å². The molecule has 0 spiro atoms. The first kappa shape index (κ1) is 17.2. The van der Waals surface area contributed by atoms with E-state index in [1.165, 1.54) is 39.1 Å². The van der Waals surface area contributed by atoms with Crippen LogP contribution in [0.1, 0.15) is 44.2 Å². The van der Waals surface area contributed by atoms with Gasteiger partial charge in [-0.15, -0.1) is 0 Å². The van der Waals surface area contributed by atoms with E-state index < -0.39 is 0 Å². The lowest BCUT2D eigenvalue weighted by atomic mass is 9.85. The van der Waals surface area contributed by atoms with Crippen molar-refractivity contribution in [1.29, 1.82) is 0 Å². The average molecular weight is 367 g/mol. The summed E-state index contributed by atoms with van der Waals surface area (Å²) in [5.74, 6) is 1.96. The minimum absolute atomic E-state index is 0.376. The predicted octanol–water partition coefficient (Wildman–Crippen LogP) is 6.88. The molecule has 0 N–H and O–H groups in total. The predicted molar refractivity (Wildman–Crippen MR) is 118 cm³/mol. The normalized spacial score (nSPS) is 18.5. The fraction of sp³-hybridized carbons (Fsp3) is 0.269. The van der Waals surface area contributed by atoms with Gasteiger partial charge in [-0.3, -0.25) is 4.57 Å². The molecule has 1 unspecified atom stereocenters. The van der Waals surface area contributed by atoms with E-state index in [4.69, 9.17) is 4.98 Å². The molecule has 2 nitrogen and oxygen atoms in total. The Kier molecular flexibility index (Phi) is 3.90. The van der Waals surface area contributed by atoms with Crippen LogP contribution in [0.15, 0.2) is 71.8 Å². The van der Waals surface area contributed by atoms with Crippen LogP contribution in [0, 0.1) is 12.8 Å². The summed E-state index contributed by atoms with van der Waals surface area (Å²) < 4.78 is 2.45. The molecule has 0 saturated heterocycles. The van der Waals surface area contributed by atoms with Gasteiger partial charge in [-0.2, -0.15) is 0 Å². The summed E-state index contributed by atoms with van der Waals surface area (Å²) in [4.78, 5) is 5.13. The van der Waals surface area contributed by atoms with Gasteiger partial charge in [0.05, 0.1) is 11.0 Å². The van der Waals surface area contributed by atoms with Crippen LogP contribution in [0.3, 0.4) is 0 Å². The van der Waals surface area contributed by atoms with E-state index in [1.807, 2.05) is 0 Å². The van der Waals surface area contributed by atoms with Gasteiger partial charge in [-0.25, -0.2) is 4.98 Å². The van der Waals surface area contributed by atoms with E-state index in [2.05, 4.69) is 93.0 Å². The fourth-order valence-corrected chi connectivity index (χ4v) is 4.65. The van der Waals surface area contributed by atoms with Gasteiger partial charge in [0.1, 0.15) is 5.82 Å². The highest BCUT2D eigenvalue weighted by molar-refractivity contribution is 5.92. The molecule has 0 fully saturated rings. The first-order valence-electron chi connectivity index (χ1n) is 10.2. The smallest absolute Gasteiger partial charge is 0.145 e. The summed E-state index contributed by atoms with van der Waals surface area (Å²) in [5.41, 5.74) is 10.5. The minimum atomic E-state index is 0.376.